The molecule has 0 radical (unpaired) electrons. The number of hydrogen-bond donors (Lipinski definition) is 2. The number of rotatable bonds is 6. The molecule has 0 amide bonds. The summed E-state index contributed by atoms with van der Waals surface area (Å²) < 4.78 is 25.9. The average Bonchev–Trinajstić information content (AvgIpc) is 2.97. The van der Waals surface area contributed by atoms with Crippen LogP contribution in [-0.2, 0) is 0 Å². The maximum absolute atomic E-state index is 14.7. The van der Waals surface area contributed by atoms with E-state index in [2.05, 4.69) is 30.1 Å². The number of likely N-dealkylation sites (N-methyl/N-ethyl adjacent to an activating group) is 1. The Bertz CT molecular complexity index is 1540. The van der Waals surface area contributed by atoms with Gasteiger partial charge in [0.2, 0.25) is 0 Å². The minimum atomic E-state index is -0.462. The van der Waals surface area contributed by atoms with Crippen LogP contribution in [0.25, 0.3) is 22.5 Å². The van der Waals surface area contributed by atoms with Gasteiger partial charge in [-0.05, 0) is 37.1 Å². The number of ether oxygens (including phenoxy) is 2. The molecular weight excluding hydrogens is 547 g/mol. The molecule has 1 saturated heterocycles. The van der Waals surface area contributed by atoms with Crippen LogP contribution in [0.5, 0.6) is 11.5 Å². The molecule has 0 bridgehead atoms. The zero-order chi connectivity index (χ0) is 27.6. The lowest BCUT2D eigenvalue weighted by molar-refractivity contribution is 0.309. The number of nitrogens with one attached hydrogen (secondary N) is 1. The molecule has 3 N–H and O–H groups in total. The molecule has 1 fully saturated rings. The van der Waals surface area contributed by atoms with Crippen molar-refractivity contribution in [2.24, 2.45) is 5.73 Å². The predicted octanol–water partition coefficient (Wildman–Crippen LogP) is 4.67. The third kappa shape index (κ3) is 5.82. The van der Waals surface area contributed by atoms with E-state index in [1.807, 2.05) is 31.6 Å². The highest BCUT2D eigenvalue weighted by Gasteiger charge is 2.23. The van der Waals surface area contributed by atoms with Crippen molar-refractivity contribution < 1.29 is 13.9 Å². The molecule has 0 saturated carbocycles. The first-order valence-electron chi connectivity index (χ1n) is 13.3. The summed E-state index contributed by atoms with van der Waals surface area (Å²) in [5.74, 6) is 2.76. The monoisotopic (exact) mass is 578 g/mol. The number of pyridine rings is 2. The summed E-state index contributed by atoms with van der Waals surface area (Å²) in [6, 6.07) is 10.4. The first kappa shape index (κ1) is 28.3. The van der Waals surface area contributed by atoms with Crippen molar-refractivity contribution in [3.8, 4) is 34.0 Å². The summed E-state index contributed by atoms with van der Waals surface area (Å²) in [6.07, 6.45) is 7.26. The third-order valence-electron chi connectivity index (χ3n) is 7.20. The van der Waals surface area contributed by atoms with Crippen molar-refractivity contribution in [1.29, 1.82) is 0 Å². The number of halogens is 2. The molecule has 0 aliphatic carbocycles. The van der Waals surface area contributed by atoms with Crippen molar-refractivity contribution in [3.05, 3.63) is 60.8 Å². The number of methoxy groups -OCH3 is 1. The van der Waals surface area contributed by atoms with Crippen LogP contribution in [0.2, 0.25) is 0 Å². The van der Waals surface area contributed by atoms with E-state index in [9.17, 15) is 4.39 Å². The first-order valence-corrected chi connectivity index (χ1v) is 13.3. The van der Waals surface area contributed by atoms with Gasteiger partial charge in [-0.3, -0.25) is 0 Å². The van der Waals surface area contributed by atoms with Gasteiger partial charge < -0.3 is 30.3 Å². The molecule has 1 atom stereocenters. The number of fused-ring (bicyclic) bond motifs is 1. The van der Waals surface area contributed by atoms with Crippen LogP contribution < -0.4 is 30.3 Å². The lowest BCUT2D eigenvalue weighted by Crippen LogP contribution is -2.43. The Morgan fingerprint density at radius 2 is 1.98 bits per heavy atom. The molecule has 0 spiro atoms. The largest absolute Gasteiger partial charge is 0.496 e. The minimum absolute atomic E-state index is 0. The fourth-order valence-electron chi connectivity index (χ4n) is 5.17. The van der Waals surface area contributed by atoms with E-state index in [0.717, 1.165) is 60.9 Å². The predicted molar refractivity (Wildman–Crippen MR) is 160 cm³/mol. The number of anilines is 4. The molecule has 2 aliphatic heterocycles. The van der Waals surface area contributed by atoms with Crippen molar-refractivity contribution >= 4 is 35.5 Å². The topological polar surface area (TPSA) is 115 Å². The fraction of sp³-hybridized carbons (Fsp3) is 0.310. The van der Waals surface area contributed by atoms with Gasteiger partial charge >= 0.3 is 0 Å². The number of piperidine rings is 1. The third-order valence-corrected chi connectivity index (χ3v) is 7.20. The number of aromatic nitrogens is 4. The molecule has 41 heavy (non-hydrogen) atoms. The molecule has 6 rings (SSSR count). The minimum Gasteiger partial charge on any atom is -0.496 e. The summed E-state index contributed by atoms with van der Waals surface area (Å²) in [4.78, 5) is 22.6. The molecule has 3 aromatic heterocycles. The Morgan fingerprint density at radius 3 is 2.80 bits per heavy atom. The van der Waals surface area contributed by atoms with Crippen LogP contribution in [0.15, 0.2) is 55.0 Å². The van der Waals surface area contributed by atoms with E-state index in [0.29, 0.717) is 24.0 Å². The molecule has 12 heteroatoms. The maximum Gasteiger partial charge on any atom is 0.171 e. The van der Waals surface area contributed by atoms with Crippen LogP contribution in [0.1, 0.15) is 12.8 Å². The van der Waals surface area contributed by atoms with E-state index in [4.69, 9.17) is 20.2 Å². The summed E-state index contributed by atoms with van der Waals surface area (Å²) in [5, 5.41) is 3.27. The number of hydrogen-bond acceptors (Lipinski definition) is 10. The summed E-state index contributed by atoms with van der Waals surface area (Å²) in [5.41, 5.74) is 9.40. The van der Waals surface area contributed by atoms with Gasteiger partial charge in [0.1, 0.15) is 29.8 Å². The summed E-state index contributed by atoms with van der Waals surface area (Å²) in [6.45, 7) is 3.03. The van der Waals surface area contributed by atoms with Crippen LogP contribution in [-0.4, -0.2) is 66.4 Å². The lowest BCUT2D eigenvalue weighted by atomic mass is 10.0. The van der Waals surface area contributed by atoms with Gasteiger partial charge in [0.25, 0.3) is 0 Å². The average molecular weight is 579 g/mol. The van der Waals surface area contributed by atoms with Crippen LogP contribution in [0.3, 0.4) is 0 Å². The van der Waals surface area contributed by atoms with Crippen molar-refractivity contribution in [1.82, 2.24) is 19.9 Å². The Kier molecular flexibility index (Phi) is 8.36. The molecule has 0 unspecified atom stereocenters. The van der Waals surface area contributed by atoms with Crippen molar-refractivity contribution in [3.63, 3.8) is 0 Å². The molecule has 2 aliphatic rings. The molecule has 10 nitrogen and oxygen atoms in total. The first-order chi connectivity index (χ1) is 19.5. The zero-order valence-electron chi connectivity index (χ0n) is 22.9. The van der Waals surface area contributed by atoms with E-state index in [1.165, 1.54) is 13.2 Å². The molecule has 4 aromatic rings. The highest BCUT2D eigenvalue weighted by molar-refractivity contribution is 5.85. The highest BCUT2D eigenvalue weighted by atomic mass is 35.5. The smallest absolute Gasteiger partial charge is 0.171 e. The van der Waals surface area contributed by atoms with Crippen LogP contribution >= 0.6 is 12.4 Å². The normalized spacial score (nSPS) is 16.3. The molecule has 5 heterocycles. The van der Waals surface area contributed by atoms with Crippen LogP contribution in [0.4, 0.5) is 27.5 Å². The summed E-state index contributed by atoms with van der Waals surface area (Å²) >= 11 is 0. The second-order valence-corrected chi connectivity index (χ2v) is 9.96. The zero-order valence-corrected chi connectivity index (χ0v) is 23.7. The molecule has 214 valence electrons. The lowest BCUT2D eigenvalue weighted by Gasteiger charge is -2.34. The van der Waals surface area contributed by atoms with E-state index < -0.39 is 5.82 Å². The maximum atomic E-state index is 14.7. The van der Waals surface area contributed by atoms with Crippen LogP contribution in [0, 0.1) is 5.82 Å². The Balaban J connectivity index is 0.00000337. The van der Waals surface area contributed by atoms with Gasteiger partial charge in [-0.1, -0.05) is 6.07 Å². The standard InChI is InChI=1S/C29H31FN8O2.ClH/c1-37-11-12-40-24-13-18(15-34-29(24)37)20-16-33-26(14-22(20)38-10-4-5-19(31)17-38)35-25-8-9-32-28(36-25)27-21(30)6-3-7-23(27)39-2;/h3,6-9,13-16,19H,4-5,10-12,17,31H2,1-2H3,(H,32,33,35,36);1H/t19-;/m0./s1. The number of nitrogens with zero attached hydrogens (tertiary/aromatic N) is 6. The van der Waals surface area contributed by atoms with E-state index in [-0.39, 0.29) is 29.8 Å². The van der Waals surface area contributed by atoms with E-state index >= 15 is 0 Å². The van der Waals surface area contributed by atoms with Gasteiger partial charge in [-0.15, -0.1) is 12.4 Å². The van der Waals surface area contributed by atoms with Gasteiger partial charge in [0.05, 0.1) is 19.2 Å². The quantitative estimate of drug-likeness (QED) is 0.334. The van der Waals surface area contributed by atoms with Gasteiger partial charge in [0, 0.05) is 67.7 Å². The Labute approximate surface area is 244 Å². The fourth-order valence-corrected chi connectivity index (χ4v) is 5.17. The number of benzene rings is 1. The Morgan fingerprint density at radius 1 is 1.10 bits per heavy atom. The summed E-state index contributed by atoms with van der Waals surface area (Å²) in [7, 11) is 3.50. The Hall–Kier alpha value is -4.22. The van der Waals surface area contributed by atoms with Crippen molar-refractivity contribution in [2.75, 3.05) is 55.5 Å². The van der Waals surface area contributed by atoms with Gasteiger partial charge in [-0.2, -0.15) is 0 Å². The highest BCUT2D eigenvalue weighted by Crippen LogP contribution is 2.38. The molecule has 1 aromatic carbocycles. The second-order valence-electron chi connectivity index (χ2n) is 9.96. The van der Waals surface area contributed by atoms with E-state index in [1.54, 1.807) is 24.4 Å². The van der Waals surface area contributed by atoms with Gasteiger partial charge in [0.15, 0.2) is 17.4 Å². The SMILES string of the molecule is COc1cccc(F)c1-c1nccc(Nc2cc(N3CCC[C@H](N)C3)c(-c3cnc4c(c3)OCCN4C)cn2)n1.Cl. The molecular formula is C29H32ClFN8O2. The van der Waals surface area contributed by atoms with Crippen molar-refractivity contribution in [2.45, 2.75) is 18.9 Å². The number of nitrogens with two attached hydrogens (primary N) is 1. The van der Waals surface area contributed by atoms with Gasteiger partial charge in [-0.25, -0.2) is 24.3 Å². The second kappa shape index (κ2) is 12.1.